The summed E-state index contributed by atoms with van der Waals surface area (Å²) in [5.74, 6) is 0.300. The van der Waals surface area contributed by atoms with Crippen molar-refractivity contribution in [3.63, 3.8) is 0 Å². The normalized spacial score (nSPS) is 20.6. The lowest BCUT2D eigenvalue weighted by Gasteiger charge is -2.42. The lowest BCUT2D eigenvalue weighted by Crippen LogP contribution is -2.44. The average molecular weight is 371 g/mol. The van der Waals surface area contributed by atoms with Crippen molar-refractivity contribution < 1.29 is 4.79 Å². The number of hydrogen-bond donors (Lipinski definition) is 0. The zero-order valence-corrected chi connectivity index (χ0v) is 16.6. The van der Waals surface area contributed by atoms with E-state index in [-0.39, 0.29) is 17.5 Å². The lowest BCUT2D eigenvalue weighted by molar-refractivity contribution is 0.0588. The molecule has 0 aliphatic carbocycles. The van der Waals surface area contributed by atoms with Gasteiger partial charge in [0.1, 0.15) is 0 Å². The van der Waals surface area contributed by atoms with Crippen LogP contribution in [-0.4, -0.2) is 56.7 Å². The van der Waals surface area contributed by atoms with Crippen LogP contribution in [0, 0.1) is 5.92 Å². The van der Waals surface area contributed by atoms with Gasteiger partial charge in [0.05, 0.1) is 11.8 Å². The van der Waals surface area contributed by atoms with E-state index in [1.165, 1.54) is 16.2 Å². The smallest absolute Gasteiger partial charge is 0.255 e. The minimum atomic E-state index is -0.114. The van der Waals surface area contributed by atoms with Gasteiger partial charge in [0.25, 0.3) is 5.91 Å². The molecule has 1 aliphatic rings. The Bertz CT molecular complexity index is 856. The van der Waals surface area contributed by atoms with Gasteiger partial charge < -0.3 is 9.47 Å². The Morgan fingerprint density at radius 2 is 2.07 bits per heavy atom. The summed E-state index contributed by atoms with van der Waals surface area (Å²) < 4.78 is 3.28. The maximum Gasteiger partial charge on any atom is 0.255 e. The molecule has 0 saturated carbocycles. The largest absolute Gasteiger partial charge is 0.341 e. The summed E-state index contributed by atoms with van der Waals surface area (Å²) in [6.45, 7) is 4.92. The summed E-state index contributed by atoms with van der Waals surface area (Å²) in [6.07, 6.45) is 7.86. The highest BCUT2D eigenvalue weighted by Gasteiger charge is 2.34. The number of aryl methyl sites for hydroxylation is 2. The Hall–Kier alpha value is -2.41. The number of carbonyl (C=O) groups is 1. The van der Waals surface area contributed by atoms with E-state index in [0.29, 0.717) is 18.0 Å². The Morgan fingerprint density at radius 3 is 2.70 bits per heavy atom. The van der Waals surface area contributed by atoms with Crippen molar-refractivity contribution in [2.45, 2.75) is 25.8 Å². The van der Waals surface area contributed by atoms with E-state index in [1.54, 1.807) is 24.2 Å². The number of aromatic nitrogens is 3. The molecule has 1 fully saturated rings. The van der Waals surface area contributed by atoms with Crippen LogP contribution >= 0.6 is 0 Å². The van der Waals surface area contributed by atoms with E-state index in [1.807, 2.05) is 25.0 Å². The van der Waals surface area contributed by atoms with Crippen LogP contribution < -0.4 is 5.56 Å². The molecular formula is C20H29N5O2. The summed E-state index contributed by atoms with van der Waals surface area (Å²) in [6, 6.07) is 3.32. The number of rotatable bonds is 5. The Morgan fingerprint density at radius 1 is 1.30 bits per heavy atom. The number of pyridine rings is 1. The molecule has 0 bridgehead atoms. The molecule has 3 heterocycles. The van der Waals surface area contributed by atoms with Crippen LogP contribution in [-0.2, 0) is 14.1 Å². The SMILES string of the molecule is CCN1CCC[C@@H](CN(C)C(=O)c2ccc(=O)n(C)c2)[C@@H]1c1cnn(C)c1. The third-order valence-electron chi connectivity index (χ3n) is 5.52. The first-order valence-corrected chi connectivity index (χ1v) is 9.55. The highest BCUT2D eigenvalue weighted by Crippen LogP contribution is 2.36. The van der Waals surface area contributed by atoms with Gasteiger partial charge >= 0.3 is 0 Å². The number of amides is 1. The Kier molecular flexibility index (Phi) is 5.79. The van der Waals surface area contributed by atoms with Crippen molar-refractivity contribution in [1.82, 2.24) is 24.1 Å². The van der Waals surface area contributed by atoms with Gasteiger partial charge in [0.2, 0.25) is 5.56 Å². The number of piperidine rings is 1. The quantitative estimate of drug-likeness (QED) is 0.802. The van der Waals surface area contributed by atoms with Crippen LogP contribution in [0.4, 0.5) is 0 Å². The van der Waals surface area contributed by atoms with Crippen molar-refractivity contribution in [1.29, 1.82) is 0 Å². The number of nitrogens with zero attached hydrogens (tertiary/aromatic N) is 5. The molecule has 7 heteroatoms. The van der Waals surface area contributed by atoms with Crippen LogP contribution in [0.3, 0.4) is 0 Å². The van der Waals surface area contributed by atoms with E-state index < -0.39 is 0 Å². The topological polar surface area (TPSA) is 63.4 Å². The van der Waals surface area contributed by atoms with E-state index in [4.69, 9.17) is 0 Å². The van der Waals surface area contributed by atoms with Crippen molar-refractivity contribution >= 4 is 5.91 Å². The minimum Gasteiger partial charge on any atom is -0.341 e. The van der Waals surface area contributed by atoms with Crippen LogP contribution in [0.5, 0.6) is 0 Å². The van der Waals surface area contributed by atoms with Gasteiger partial charge in [-0.3, -0.25) is 19.2 Å². The standard InChI is InChI=1S/C20H29N5O2/c1-5-25-10-6-7-15(19(25)17-11-21-24(4)14-17)12-23(3)20(27)16-8-9-18(26)22(2)13-16/h8-9,11,13-15,19H,5-7,10,12H2,1-4H3/t15-,19+/m0/s1. The highest BCUT2D eigenvalue weighted by atomic mass is 16.2. The summed E-state index contributed by atoms with van der Waals surface area (Å²) in [7, 11) is 5.45. The summed E-state index contributed by atoms with van der Waals surface area (Å²) in [5.41, 5.74) is 1.64. The molecule has 1 aliphatic heterocycles. The molecule has 7 nitrogen and oxygen atoms in total. The van der Waals surface area contributed by atoms with Crippen LogP contribution in [0.2, 0.25) is 0 Å². The van der Waals surface area contributed by atoms with E-state index in [0.717, 1.165) is 25.9 Å². The van der Waals surface area contributed by atoms with Gasteiger partial charge in [-0.15, -0.1) is 0 Å². The van der Waals surface area contributed by atoms with Gasteiger partial charge in [0, 0.05) is 57.8 Å². The van der Waals surface area contributed by atoms with Gasteiger partial charge in [0.15, 0.2) is 0 Å². The summed E-state index contributed by atoms with van der Waals surface area (Å²) in [5, 5.41) is 4.35. The number of hydrogen-bond acceptors (Lipinski definition) is 4. The summed E-state index contributed by atoms with van der Waals surface area (Å²) >= 11 is 0. The first kappa shape index (κ1) is 19.4. The van der Waals surface area contributed by atoms with Crippen molar-refractivity contribution in [2.24, 2.45) is 20.0 Å². The molecule has 3 rings (SSSR count). The second-order valence-corrected chi connectivity index (χ2v) is 7.48. The number of likely N-dealkylation sites (tertiary alicyclic amines) is 1. The Labute approximate surface area is 160 Å². The fraction of sp³-hybridized carbons (Fsp3) is 0.550. The third-order valence-corrected chi connectivity index (χ3v) is 5.52. The average Bonchev–Trinajstić information content (AvgIpc) is 3.09. The zero-order chi connectivity index (χ0) is 19.6. The summed E-state index contributed by atoms with van der Waals surface area (Å²) in [4.78, 5) is 28.7. The van der Waals surface area contributed by atoms with Gasteiger partial charge in [-0.05, 0) is 37.9 Å². The van der Waals surface area contributed by atoms with E-state index >= 15 is 0 Å². The molecule has 0 aromatic carbocycles. The van der Waals surface area contributed by atoms with Gasteiger partial charge in [-0.25, -0.2) is 0 Å². The monoisotopic (exact) mass is 371 g/mol. The van der Waals surface area contributed by atoms with Gasteiger partial charge in [-0.1, -0.05) is 6.92 Å². The molecule has 1 amide bonds. The molecule has 0 radical (unpaired) electrons. The predicted molar refractivity (Wildman–Crippen MR) is 105 cm³/mol. The van der Waals surface area contributed by atoms with E-state index in [2.05, 4.69) is 23.1 Å². The predicted octanol–water partition coefficient (Wildman–Crippen LogP) is 1.66. The van der Waals surface area contributed by atoms with Crippen LogP contribution in [0.1, 0.15) is 41.7 Å². The number of carbonyl (C=O) groups excluding carboxylic acids is 1. The molecule has 146 valence electrons. The third kappa shape index (κ3) is 4.13. The first-order chi connectivity index (χ1) is 12.9. The molecule has 1 saturated heterocycles. The molecule has 2 aromatic heterocycles. The second-order valence-electron chi connectivity index (χ2n) is 7.48. The molecule has 0 spiro atoms. The van der Waals surface area contributed by atoms with Gasteiger partial charge in [-0.2, -0.15) is 5.10 Å². The fourth-order valence-corrected chi connectivity index (χ4v) is 4.15. The Balaban J connectivity index is 1.79. The fourth-order valence-electron chi connectivity index (χ4n) is 4.15. The van der Waals surface area contributed by atoms with Crippen molar-refractivity contribution in [2.75, 3.05) is 26.7 Å². The molecule has 27 heavy (non-hydrogen) atoms. The molecule has 2 aromatic rings. The zero-order valence-electron chi connectivity index (χ0n) is 16.6. The first-order valence-electron chi connectivity index (χ1n) is 9.55. The molecule has 0 unspecified atom stereocenters. The van der Waals surface area contributed by atoms with Crippen molar-refractivity contribution in [3.05, 3.63) is 52.2 Å². The molecular weight excluding hydrogens is 342 g/mol. The maximum atomic E-state index is 12.9. The highest BCUT2D eigenvalue weighted by molar-refractivity contribution is 5.93. The lowest BCUT2D eigenvalue weighted by atomic mass is 9.85. The van der Waals surface area contributed by atoms with Crippen LogP contribution in [0.25, 0.3) is 0 Å². The second kappa shape index (κ2) is 8.08. The maximum absolute atomic E-state index is 12.9. The van der Waals surface area contributed by atoms with Crippen LogP contribution in [0.15, 0.2) is 35.5 Å². The van der Waals surface area contributed by atoms with E-state index in [9.17, 15) is 9.59 Å². The van der Waals surface area contributed by atoms with Crippen molar-refractivity contribution in [3.8, 4) is 0 Å². The molecule has 2 atom stereocenters. The minimum absolute atomic E-state index is 0.0517. The molecule has 0 N–H and O–H groups in total.